The summed E-state index contributed by atoms with van der Waals surface area (Å²) < 4.78 is 5.68. The number of aliphatic hydroxyl groups is 1. The summed E-state index contributed by atoms with van der Waals surface area (Å²) in [6, 6.07) is 10.2. The Morgan fingerprint density at radius 2 is 2.00 bits per heavy atom. The molecule has 3 aromatic rings. The van der Waals surface area contributed by atoms with Gasteiger partial charge in [-0.25, -0.2) is 4.98 Å². The number of rotatable bonds is 7. The molecule has 0 fully saturated rings. The summed E-state index contributed by atoms with van der Waals surface area (Å²) in [4.78, 5) is 7.61. The monoisotopic (exact) mass is 337 g/mol. The number of H-pyrrole nitrogens is 1. The van der Waals surface area contributed by atoms with Gasteiger partial charge in [0.1, 0.15) is 5.76 Å². The Morgan fingerprint density at radius 1 is 1.24 bits per heavy atom. The van der Waals surface area contributed by atoms with Crippen molar-refractivity contribution in [1.82, 2.24) is 9.97 Å². The van der Waals surface area contributed by atoms with Gasteiger partial charge < -0.3 is 19.8 Å². The Balaban J connectivity index is 1.61. The van der Waals surface area contributed by atoms with E-state index >= 15 is 0 Å². The molecule has 5 heteroatoms. The number of aromatic nitrogens is 2. The van der Waals surface area contributed by atoms with E-state index in [4.69, 9.17) is 4.42 Å². The van der Waals surface area contributed by atoms with Crippen LogP contribution in [0.2, 0.25) is 0 Å². The molecular weight excluding hydrogens is 314 g/mol. The predicted molar refractivity (Wildman–Crippen MR) is 99.6 cm³/mol. The van der Waals surface area contributed by atoms with Gasteiger partial charge in [-0.1, -0.05) is 30.8 Å². The maximum Gasteiger partial charge on any atom is 0.200 e. The summed E-state index contributed by atoms with van der Waals surface area (Å²) in [7, 11) is 0. The molecule has 25 heavy (non-hydrogen) atoms. The van der Waals surface area contributed by atoms with Crippen molar-refractivity contribution in [3.8, 4) is 11.3 Å². The van der Waals surface area contributed by atoms with Gasteiger partial charge in [-0.2, -0.15) is 0 Å². The van der Waals surface area contributed by atoms with Crippen LogP contribution < -0.4 is 5.32 Å². The van der Waals surface area contributed by atoms with Gasteiger partial charge in [-0.05, 0) is 31.9 Å². The number of aromatic amines is 1. The van der Waals surface area contributed by atoms with Gasteiger partial charge >= 0.3 is 0 Å². The second-order valence-corrected chi connectivity index (χ2v) is 6.23. The van der Waals surface area contributed by atoms with Crippen LogP contribution in [-0.4, -0.2) is 15.1 Å². The molecule has 0 aliphatic heterocycles. The van der Waals surface area contributed by atoms with Crippen LogP contribution in [0, 0.1) is 13.8 Å². The molecule has 3 rings (SSSR count). The third kappa shape index (κ3) is 4.32. The lowest BCUT2D eigenvalue weighted by molar-refractivity contribution is 0.391. The SMILES string of the molecule is C=C(O)CCc1ccc(-c2cc(CNc3nc(C)c(C)[nH]3)co2)cc1. The zero-order chi connectivity index (χ0) is 17.8. The molecule has 0 atom stereocenters. The molecular formula is C20H23N3O2. The summed E-state index contributed by atoms with van der Waals surface area (Å²) in [5, 5.41) is 12.4. The topological polar surface area (TPSA) is 74.1 Å². The lowest BCUT2D eigenvalue weighted by Gasteiger charge is -2.02. The largest absolute Gasteiger partial charge is 0.513 e. The number of hydrogen-bond donors (Lipinski definition) is 3. The van der Waals surface area contributed by atoms with Gasteiger partial charge in [0.05, 0.1) is 17.7 Å². The highest BCUT2D eigenvalue weighted by Gasteiger charge is 2.07. The zero-order valence-electron chi connectivity index (χ0n) is 14.6. The molecule has 0 spiro atoms. The molecule has 2 heterocycles. The van der Waals surface area contributed by atoms with E-state index in [2.05, 4.69) is 21.9 Å². The number of benzene rings is 1. The molecule has 3 N–H and O–H groups in total. The minimum atomic E-state index is 0.217. The fourth-order valence-corrected chi connectivity index (χ4v) is 2.56. The standard InChI is InChI=1S/C20H23N3O2/c1-13(24)4-5-16-6-8-18(9-7-16)19-10-17(12-25-19)11-21-20-22-14(2)15(3)23-20/h6-10,12,24H,1,4-5,11H2,2-3H3,(H2,21,22,23). The highest BCUT2D eigenvalue weighted by Crippen LogP contribution is 2.23. The normalized spacial score (nSPS) is 10.8. The molecule has 0 saturated heterocycles. The highest BCUT2D eigenvalue weighted by molar-refractivity contribution is 5.58. The molecule has 0 unspecified atom stereocenters. The van der Waals surface area contributed by atoms with Crippen molar-refractivity contribution < 1.29 is 9.52 Å². The van der Waals surface area contributed by atoms with Crippen molar-refractivity contribution in [3.63, 3.8) is 0 Å². The first-order chi connectivity index (χ1) is 12.0. The van der Waals surface area contributed by atoms with E-state index in [1.807, 2.05) is 44.2 Å². The maximum atomic E-state index is 9.18. The fraction of sp³-hybridized carbons (Fsp3) is 0.250. The van der Waals surface area contributed by atoms with Crippen molar-refractivity contribution in [2.45, 2.75) is 33.2 Å². The Morgan fingerprint density at radius 3 is 2.64 bits per heavy atom. The van der Waals surface area contributed by atoms with Crippen LogP contribution in [0.1, 0.15) is 28.9 Å². The predicted octanol–water partition coefficient (Wildman–Crippen LogP) is 4.90. The van der Waals surface area contributed by atoms with Crippen LogP contribution >= 0.6 is 0 Å². The van der Waals surface area contributed by atoms with Gasteiger partial charge in [0.25, 0.3) is 0 Å². The van der Waals surface area contributed by atoms with Gasteiger partial charge in [0.2, 0.25) is 5.95 Å². The summed E-state index contributed by atoms with van der Waals surface area (Å²) in [6.07, 6.45) is 3.13. The van der Waals surface area contributed by atoms with E-state index in [0.29, 0.717) is 13.0 Å². The van der Waals surface area contributed by atoms with Crippen molar-refractivity contribution in [3.05, 3.63) is 71.4 Å². The molecule has 0 aliphatic rings. The van der Waals surface area contributed by atoms with Crippen molar-refractivity contribution >= 4 is 5.95 Å². The van der Waals surface area contributed by atoms with Crippen LogP contribution in [-0.2, 0) is 13.0 Å². The number of furan rings is 1. The number of anilines is 1. The third-order valence-electron chi connectivity index (χ3n) is 4.18. The summed E-state index contributed by atoms with van der Waals surface area (Å²) >= 11 is 0. The van der Waals surface area contributed by atoms with E-state index in [1.165, 1.54) is 0 Å². The molecule has 0 aliphatic carbocycles. The Bertz CT molecular complexity index is 840. The fourth-order valence-electron chi connectivity index (χ4n) is 2.56. The van der Waals surface area contributed by atoms with Gasteiger partial charge in [-0.3, -0.25) is 0 Å². The minimum absolute atomic E-state index is 0.217. The molecule has 0 radical (unpaired) electrons. The molecule has 5 nitrogen and oxygen atoms in total. The first-order valence-corrected chi connectivity index (χ1v) is 8.32. The number of hydrogen-bond acceptors (Lipinski definition) is 4. The van der Waals surface area contributed by atoms with Gasteiger partial charge in [-0.15, -0.1) is 0 Å². The first-order valence-electron chi connectivity index (χ1n) is 8.32. The Kier molecular flexibility index (Phi) is 4.93. The quantitative estimate of drug-likeness (QED) is 0.536. The summed E-state index contributed by atoms with van der Waals surface area (Å²) in [6.45, 7) is 8.14. The lowest BCUT2D eigenvalue weighted by atomic mass is 10.1. The summed E-state index contributed by atoms with van der Waals surface area (Å²) in [5.41, 5.74) is 5.32. The highest BCUT2D eigenvalue weighted by atomic mass is 16.3. The zero-order valence-corrected chi connectivity index (χ0v) is 14.6. The van der Waals surface area contributed by atoms with E-state index < -0.39 is 0 Å². The van der Waals surface area contributed by atoms with E-state index in [0.717, 1.165) is 46.2 Å². The second-order valence-electron chi connectivity index (χ2n) is 6.23. The van der Waals surface area contributed by atoms with Crippen LogP contribution in [0.25, 0.3) is 11.3 Å². The Hall–Kier alpha value is -2.95. The number of nitrogens with one attached hydrogen (secondary N) is 2. The van der Waals surface area contributed by atoms with Crippen LogP contribution in [0.3, 0.4) is 0 Å². The molecule has 0 amide bonds. The van der Waals surface area contributed by atoms with E-state index in [9.17, 15) is 5.11 Å². The van der Waals surface area contributed by atoms with Gasteiger partial charge in [0.15, 0.2) is 0 Å². The average molecular weight is 337 g/mol. The van der Waals surface area contributed by atoms with Crippen molar-refractivity contribution in [1.29, 1.82) is 0 Å². The molecule has 130 valence electrons. The summed E-state index contributed by atoms with van der Waals surface area (Å²) in [5.74, 6) is 1.82. The first kappa shape index (κ1) is 16.9. The van der Waals surface area contributed by atoms with Crippen molar-refractivity contribution in [2.24, 2.45) is 0 Å². The second kappa shape index (κ2) is 7.30. The molecule has 0 bridgehead atoms. The number of aryl methyl sites for hydroxylation is 3. The van der Waals surface area contributed by atoms with Crippen molar-refractivity contribution in [2.75, 3.05) is 5.32 Å². The molecule has 0 saturated carbocycles. The van der Waals surface area contributed by atoms with Gasteiger partial charge in [0, 0.05) is 29.8 Å². The smallest absolute Gasteiger partial charge is 0.200 e. The van der Waals surface area contributed by atoms with Crippen LogP contribution in [0.5, 0.6) is 0 Å². The third-order valence-corrected chi connectivity index (χ3v) is 4.18. The number of allylic oxidation sites excluding steroid dienone is 1. The van der Waals surface area contributed by atoms with E-state index in [1.54, 1.807) is 6.26 Å². The molecule has 1 aromatic carbocycles. The number of aliphatic hydroxyl groups excluding tert-OH is 1. The Labute approximate surface area is 147 Å². The lowest BCUT2D eigenvalue weighted by Crippen LogP contribution is -1.99. The minimum Gasteiger partial charge on any atom is -0.513 e. The molecule has 2 aromatic heterocycles. The number of nitrogens with zero attached hydrogens (tertiary/aromatic N) is 1. The van der Waals surface area contributed by atoms with E-state index in [-0.39, 0.29) is 5.76 Å². The van der Waals surface area contributed by atoms with Crippen LogP contribution in [0.15, 0.2) is 53.4 Å². The average Bonchev–Trinajstić information content (AvgIpc) is 3.18. The number of imidazole rings is 1. The maximum absolute atomic E-state index is 9.18. The van der Waals surface area contributed by atoms with Crippen LogP contribution in [0.4, 0.5) is 5.95 Å².